The molecule has 2 nitrogen and oxygen atoms in total. The summed E-state index contributed by atoms with van der Waals surface area (Å²) in [6.07, 6.45) is 0. The molecule has 304 valence electrons. The van der Waals surface area contributed by atoms with Crippen LogP contribution in [-0.4, -0.2) is 0 Å². The fraction of sp³-hybridized carbons (Fsp3) is 0.0159. The van der Waals surface area contributed by atoms with E-state index in [4.69, 9.17) is 0 Å². The van der Waals surface area contributed by atoms with Crippen molar-refractivity contribution in [3.63, 3.8) is 0 Å². The normalized spacial score (nSPS) is 13.0. The summed E-state index contributed by atoms with van der Waals surface area (Å²) in [5.74, 6) is 0. The Balaban J connectivity index is 0.918. The van der Waals surface area contributed by atoms with Crippen molar-refractivity contribution in [2.45, 2.75) is 5.41 Å². The van der Waals surface area contributed by atoms with Crippen LogP contribution in [0.25, 0.3) is 54.9 Å². The predicted octanol–water partition coefficient (Wildman–Crippen LogP) is 16.9. The molecule has 2 aliphatic rings. The first-order valence-electron chi connectivity index (χ1n) is 22.5. The van der Waals surface area contributed by atoms with Crippen molar-refractivity contribution >= 4 is 55.7 Å². The molecule has 0 N–H and O–H groups in total. The maximum absolute atomic E-state index is 2.49. The molecular weight excluding hydrogens is 785 g/mol. The standard InChI is InChI=1S/C63H42N2/c1-4-16-43(17-5-1)44-30-34-51(35-31-44)64(49-18-6-2-7-19-49)52-36-39-54-48(41-52)29-28-47-40-45(32-37-53(47)54)46-33-38-56-55-22-10-11-23-57(55)63(60(56)42-46)58-24-12-14-26-61(58)65(50-20-8-3-9-21-50)62-27-15-13-25-59(62)63/h1-42H. The van der Waals surface area contributed by atoms with Crippen LogP contribution in [0.1, 0.15) is 22.3 Å². The van der Waals surface area contributed by atoms with E-state index in [1.807, 2.05) is 0 Å². The highest BCUT2D eigenvalue weighted by Crippen LogP contribution is 2.63. The Hall–Kier alpha value is -8.46. The Labute approximate surface area is 379 Å². The van der Waals surface area contributed by atoms with Gasteiger partial charge in [-0.05, 0) is 150 Å². The van der Waals surface area contributed by atoms with Gasteiger partial charge in [0.15, 0.2) is 0 Å². The number of anilines is 6. The van der Waals surface area contributed by atoms with Crippen molar-refractivity contribution in [3.8, 4) is 33.4 Å². The average Bonchev–Trinajstić information content (AvgIpc) is 3.67. The molecule has 11 aromatic rings. The zero-order chi connectivity index (χ0) is 42.9. The van der Waals surface area contributed by atoms with Gasteiger partial charge in [0.1, 0.15) is 0 Å². The van der Waals surface area contributed by atoms with E-state index in [-0.39, 0.29) is 0 Å². The zero-order valence-electron chi connectivity index (χ0n) is 35.6. The molecule has 2 heteroatoms. The van der Waals surface area contributed by atoms with E-state index < -0.39 is 5.41 Å². The highest BCUT2D eigenvalue weighted by atomic mass is 15.2. The van der Waals surface area contributed by atoms with Crippen molar-refractivity contribution in [1.29, 1.82) is 0 Å². The first-order valence-corrected chi connectivity index (χ1v) is 22.5. The van der Waals surface area contributed by atoms with Crippen LogP contribution in [0.4, 0.5) is 34.1 Å². The third kappa shape index (κ3) is 5.74. The Morgan fingerprint density at radius 1 is 0.292 bits per heavy atom. The van der Waals surface area contributed by atoms with E-state index in [9.17, 15) is 0 Å². The van der Waals surface area contributed by atoms with Crippen LogP contribution in [0.3, 0.4) is 0 Å². The molecule has 1 aliphatic heterocycles. The van der Waals surface area contributed by atoms with Gasteiger partial charge in [0, 0.05) is 22.7 Å². The van der Waals surface area contributed by atoms with Crippen LogP contribution in [-0.2, 0) is 5.41 Å². The minimum atomic E-state index is -0.497. The summed E-state index contributed by atoms with van der Waals surface area (Å²) >= 11 is 0. The third-order valence-corrected chi connectivity index (χ3v) is 13.8. The molecule has 0 amide bonds. The molecule has 0 fully saturated rings. The lowest BCUT2D eigenvalue weighted by atomic mass is 9.64. The molecule has 1 aliphatic carbocycles. The van der Waals surface area contributed by atoms with Gasteiger partial charge in [0.2, 0.25) is 0 Å². The molecule has 0 bridgehead atoms. The van der Waals surface area contributed by atoms with Crippen LogP contribution < -0.4 is 9.80 Å². The molecule has 0 radical (unpaired) electrons. The summed E-state index contributed by atoms with van der Waals surface area (Å²) < 4.78 is 0. The summed E-state index contributed by atoms with van der Waals surface area (Å²) in [4.78, 5) is 4.79. The molecule has 13 rings (SSSR count). The largest absolute Gasteiger partial charge is 0.310 e. The Morgan fingerprint density at radius 3 is 1.48 bits per heavy atom. The number of hydrogen-bond donors (Lipinski definition) is 0. The summed E-state index contributed by atoms with van der Waals surface area (Å²) in [6, 6.07) is 93.7. The fourth-order valence-corrected chi connectivity index (χ4v) is 11.0. The molecule has 0 saturated carbocycles. The molecule has 1 spiro atoms. The van der Waals surface area contributed by atoms with Gasteiger partial charge >= 0.3 is 0 Å². The lowest BCUT2D eigenvalue weighted by Gasteiger charge is -2.45. The van der Waals surface area contributed by atoms with Crippen molar-refractivity contribution < 1.29 is 0 Å². The fourth-order valence-electron chi connectivity index (χ4n) is 11.0. The summed E-state index contributed by atoms with van der Waals surface area (Å²) in [5, 5.41) is 4.93. The molecule has 0 saturated heterocycles. The smallest absolute Gasteiger partial charge is 0.0754 e. The minimum Gasteiger partial charge on any atom is -0.310 e. The molecule has 0 atom stereocenters. The van der Waals surface area contributed by atoms with Crippen LogP contribution in [0.2, 0.25) is 0 Å². The lowest BCUT2D eigenvalue weighted by molar-refractivity contribution is 0.753. The van der Waals surface area contributed by atoms with Crippen LogP contribution in [0.15, 0.2) is 255 Å². The third-order valence-electron chi connectivity index (χ3n) is 13.8. The van der Waals surface area contributed by atoms with Gasteiger partial charge in [-0.2, -0.15) is 0 Å². The highest BCUT2D eigenvalue weighted by molar-refractivity contribution is 6.10. The Bertz CT molecular complexity index is 3550. The van der Waals surface area contributed by atoms with Gasteiger partial charge in [-0.1, -0.05) is 182 Å². The van der Waals surface area contributed by atoms with E-state index >= 15 is 0 Å². The number of fused-ring (bicyclic) bond motifs is 12. The monoisotopic (exact) mass is 826 g/mol. The highest BCUT2D eigenvalue weighted by Gasteiger charge is 2.51. The molecular formula is C63H42N2. The molecule has 65 heavy (non-hydrogen) atoms. The van der Waals surface area contributed by atoms with Crippen molar-refractivity contribution in [1.82, 2.24) is 0 Å². The van der Waals surface area contributed by atoms with Crippen LogP contribution >= 0.6 is 0 Å². The SMILES string of the molecule is c1ccc(-c2ccc(N(c3ccccc3)c3ccc4c(ccc5cc(-c6ccc7c(c6)C6(c8ccccc8-7)c7ccccc7N(c7ccccc7)c7ccccc76)ccc54)c3)cc2)cc1. The van der Waals surface area contributed by atoms with E-state index in [0.717, 1.165) is 22.7 Å². The van der Waals surface area contributed by atoms with Gasteiger partial charge < -0.3 is 9.80 Å². The second kappa shape index (κ2) is 14.8. The second-order valence-corrected chi connectivity index (χ2v) is 17.3. The lowest BCUT2D eigenvalue weighted by Crippen LogP contribution is -2.36. The summed E-state index contributed by atoms with van der Waals surface area (Å²) in [7, 11) is 0. The maximum atomic E-state index is 2.49. The van der Waals surface area contributed by atoms with Crippen molar-refractivity contribution in [3.05, 3.63) is 277 Å². The van der Waals surface area contributed by atoms with Crippen molar-refractivity contribution in [2.24, 2.45) is 0 Å². The van der Waals surface area contributed by atoms with Gasteiger partial charge in [0.05, 0.1) is 16.8 Å². The second-order valence-electron chi connectivity index (χ2n) is 17.3. The summed E-state index contributed by atoms with van der Waals surface area (Å²) in [6.45, 7) is 0. The van der Waals surface area contributed by atoms with E-state index in [0.29, 0.717) is 0 Å². The topological polar surface area (TPSA) is 6.48 Å². The predicted molar refractivity (Wildman–Crippen MR) is 273 cm³/mol. The van der Waals surface area contributed by atoms with Crippen LogP contribution in [0, 0.1) is 0 Å². The average molecular weight is 827 g/mol. The number of benzene rings is 11. The van der Waals surface area contributed by atoms with Crippen LogP contribution in [0.5, 0.6) is 0 Å². The number of nitrogens with zero attached hydrogens (tertiary/aromatic N) is 2. The van der Waals surface area contributed by atoms with Crippen molar-refractivity contribution in [2.75, 3.05) is 9.80 Å². The quantitative estimate of drug-likeness (QED) is 0.154. The van der Waals surface area contributed by atoms with Gasteiger partial charge in [-0.25, -0.2) is 0 Å². The number of para-hydroxylation sites is 4. The van der Waals surface area contributed by atoms with E-state index in [1.54, 1.807) is 0 Å². The van der Waals surface area contributed by atoms with E-state index in [2.05, 4.69) is 265 Å². The Kier molecular flexibility index (Phi) is 8.47. The number of rotatable bonds is 6. The minimum absolute atomic E-state index is 0.497. The molecule has 11 aromatic carbocycles. The van der Waals surface area contributed by atoms with Gasteiger partial charge in [-0.15, -0.1) is 0 Å². The van der Waals surface area contributed by atoms with Gasteiger partial charge in [0.25, 0.3) is 0 Å². The summed E-state index contributed by atoms with van der Waals surface area (Å²) in [5.41, 5.74) is 19.1. The number of hydrogen-bond acceptors (Lipinski definition) is 2. The molecule has 0 unspecified atom stereocenters. The molecule has 1 heterocycles. The Morgan fingerprint density at radius 2 is 0.769 bits per heavy atom. The zero-order valence-corrected chi connectivity index (χ0v) is 35.6. The maximum Gasteiger partial charge on any atom is 0.0754 e. The van der Waals surface area contributed by atoms with Gasteiger partial charge in [-0.3, -0.25) is 0 Å². The molecule has 0 aromatic heterocycles. The first-order chi connectivity index (χ1) is 32.2. The first kappa shape index (κ1) is 37.1. The van der Waals surface area contributed by atoms with E-state index in [1.165, 1.54) is 88.6 Å².